The normalized spacial score (nSPS) is 10.7. The Kier molecular flexibility index (Phi) is 7.70. The first-order chi connectivity index (χ1) is 13.0. The van der Waals surface area contributed by atoms with Crippen molar-refractivity contribution in [2.45, 2.75) is 13.8 Å². The van der Waals surface area contributed by atoms with Gasteiger partial charge in [-0.2, -0.15) is 0 Å². The van der Waals surface area contributed by atoms with Gasteiger partial charge in [-0.1, -0.05) is 6.07 Å². The predicted octanol–water partition coefficient (Wildman–Crippen LogP) is 4.69. The maximum absolute atomic E-state index is 6.40. The van der Waals surface area contributed by atoms with Gasteiger partial charge in [-0.3, -0.25) is 14.1 Å². The fourth-order valence-corrected chi connectivity index (χ4v) is 2.56. The van der Waals surface area contributed by atoms with Crippen LogP contribution in [0.3, 0.4) is 0 Å². The van der Waals surface area contributed by atoms with Gasteiger partial charge in [-0.25, -0.2) is 0 Å². The topological polar surface area (TPSA) is 57.9 Å². The number of hydrogen-bond acceptors (Lipinski definition) is 5. The summed E-state index contributed by atoms with van der Waals surface area (Å²) in [5.74, 6) is 1.41. The standard InChI is InChI=1S/C20H22ClN3O3/c1-15-6-5-11-23-16(2)20(24(21)12-15)19(22-3)13-26-14-27-18-9-7-17(25-4)8-10-18/h5-13H,3,14H2,1-2,4H3/b6-5?,15-12?,19-13-,20-16?,23-11?. The van der Waals surface area contributed by atoms with E-state index in [1.54, 1.807) is 43.8 Å². The van der Waals surface area contributed by atoms with Crippen LogP contribution in [0.4, 0.5) is 0 Å². The number of methoxy groups -OCH3 is 1. The molecule has 0 aliphatic rings. The molecule has 1 aromatic heterocycles. The van der Waals surface area contributed by atoms with Crippen LogP contribution in [0, 0.1) is 13.8 Å². The molecule has 0 aliphatic carbocycles. The second-order valence-corrected chi connectivity index (χ2v) is 5.89. The van der Waals surface area contributed by atoms with E-state index in [4.69, 9.17) is 26.0 Å². The molecular formula is C20H22ClN3O3. The third-order valence-electron chi connectivity index (χ3n) is 3.55. The maximum atomic E-state index is 6.40. The van der Waals surface area contributed by atoms with Crippen molar-refractivity contribution in [3.63, 3.8) is 0 Å². The van der Waals surface area contributed by atoms with Crippen molar-refractivity contribution >= 4 is 24.2 Å². The van der Waals surface area contributed by atoms with E-state index < -0.39 is 0 Å². The predicted molar refractivity (Wildman–Crippen MR) is 108 cm³/mol. The van der Waals surface area contributed by atoms with Crippen LogP contribution in [0.2, 0.25) is 0 Å². The van der Waals surface area contributed by atoms with Crippen LogP contribution in [0.5, 0.6) is 11.5 Å². The molecule has 0 amide bonds. The van der Waals surface area contributed by atoms with Crippen molar-refractivity contribution < 1.29 is 14.2 Å². The highest BCUT2D eigenvalue weighted by molar-refractivity contribution is 6.16. The Bertz CT molecular complexity index is 859. The van der Waals surface area contributed by atoms with Gasteiger partial charge >= 0.3 is 0 Å². The Morgan fingerprint density at radius 2 is 1.93 bits per heavy atom. The molecule has 27 heavy (non-hydrogen) atoms. The average molecular weight is 388 g/mol. The van der Waals surface area contributed by atoms with Crippen LogP contribution < -0.4 is 9.47 Å². The monoisotopic (exact) mass is 387 g/mol. The van der Waals surface area contributed by atoms with Crippen LogP contribution in [0.15, 0.2) is 60.0 Å². The second kappa shape index (κ2) is 10.2. The summed E-state index contributed by atoms with van der Waals surface area (Å²) in [5, 5.41) is 0. The zero-order valence-electron chi connectivity index (χ0n) is 15.6. The summed E-state index contributed by atoms with van der Waals surface area (Å²) in [6, 6.07) is 10.9. The van der Waals surface area contributed by atoms with Gasteiger partial charge in [0, 0.05) is 24.2 Å². The first kappa shape index (κ1) is 20.3. The van der Waals surface area contributed by atoms with Gasteiger partial charge in [0.05, 0.1) is 12.8 Å². The molecule has 0 atom stereocenters. The number of aryl methyl sites for hydroxylation is 2. The molecule has 0 aliphatic heterocycles. The van der Waals surface area contributed by atoms with Gasteiger partial charge in [0.2, 0.25) is 6.79 Å². The zero-order chi connectivity index (χ0) is 19.6. The molecule has 2 rings (SSSR count). The van der Waals surface area contributed by atoms with E-state index in [2.05, 4.69) is 16.7 Å². The second-order valence-electron chi connectivity index (χ2n) is 5.52. The molecule has 1 heterocycles. The summed E-state index contributed by atoms with van der Waals surface area (Å²) >= 11 is 6.40. The van der Waals surface area contributed by atoms with E-state index in [-0.39, 0.29) is 6.79 Å². The Morgan fingerprint density at radius 1 is 1.22 bits per heavy atom. The van der Waals surface area contributed by atoms with Crippen molar-refractivity contribution in [2.24, 2.45) is 4.99 Å². The third kappa shape index (κ3) is 6.04. The van der Waals surface area contributed by atoms with Gasteiger partial charge in [0.25, 0.3) is 0 Å². The number of benzene rings is 1. The van der Waals surface area contributed by atoms with Gasteiger partial charge in [0.1, 0.15) is 29.2 Å². The molecule has 1 aromatic carbocycles. The molecule has 0 unspecified atom stereocenters. The molecule has 0 bridgehead atoms. The van der Waals surface area contributed by atoms with Crippen molar-refractivity contribution in [3.8, 4) is 11.5 Å². The Balaban J connectivity index is 2.18. The van der Waals surface area contributed by atoms with Crippen molar-refractivity contribution in [1.29, 1.82) is 0 Å². The van der Waals surface area contributed by atoms with Crippen molar-refractivity contribution in [2.75, 3.05) is 13.9 Å². The number of aromatic nitrogens is 2. The molecule has 0 N–H and O–H groups in total. The summed E-state index contributed by atoms with van der Waals surface area (Å²) in [4.78, 5) is 8.37. The molecule has 142 valence electrons. The highest BCUT2D eigenvalue weighted by Gasteiger charge is 2.08. The fourth-order valence-electron chi connectivity index (χ4n) is 2.20. The average Bonchev–Trinajstić information content (AvgIpc) is 2.72. The summed E-state index contributed by atoms with van der Waals surface area (Å²) < 4.78 is 17.5. The largest absolute Gasteiger partial charge is 0.497 e. The number of hydrogen-bond donors (Lipinski definition) is 0. The van der Waals surface area contributed by atoms with Gasteiger partial charge < -0.3 is 14.2 Å². The molecule has 0 radical (unpaired) electrons. The van der Waals surface area contributed by atoms with Crippen molar-refractivity contribution in [1.82, 2.24) is 9.07 Å². The molecular weight excluding hydrogens is 366 g/mol. The Morgan fingerprint density at radius 3 is 2.59 bits per heavy atom. The minimum Gasteiger partial charge on any atom is -0.497 e. The van der Waals surface area contributed by atoms with Gasteiger partial charge in [-0.15, -0.1) is 0 Å². The molecule has 6 nitrogen and oxygen atoms in total. The molecule has 2 aromatic rings. The number of ether oxygens (including phenoxy) is 3. The van der Waals surface area contributed by atoms with Gasteiger partial charge in [-0.05, 0) is 56.5 Å². The molecule has 0 saturated carbocycles. The van der Waals surface area contributed by atoms with Crippen LogP contribution in [-0.4, -0.2) is 29.7 Å². The number of nitrogens with zero attached hydrogens (tertiary/aromatic N) is 3. The van der Waals surface area contributed by atoms with E-state index in [1.165, 1.54) is 10.3 Å². The first-order valence-electron chi connectivity index (χ1n) is 8.16. The van der Waals surface area contributed by atoms with Crippen molar-refractivity contribution in [3.05, 3.63) is 72.0 Å². The van der Waals surface area contributed by atoms with E-state index in [1.807, 2.05) is 26.0 Å². The number of rotatable bonds is 7. The fraction of sp³-hybridized carbons (Fsp3) is 0.200. The van der Waals surface area contributed by atoms with Crippen LogP contribution >= 0.6 is 11.8 Å². The lowest BCUT2D eigenvalue weighted by Crippen LogP contribution is -2.01. The molecule has 0 spiro atoms. The first-order valence-corrected chi connectivity index (χ1v) is 8.49. The van der Waals surface area contributed by atoms with Crippen LogP contribution in [0.1, 0.15) is 17.0 Å². The smallest absolute Gasteiger partial charge is 0.230 e. The van der Waals surface area contributed by atoms with E-state index in [9.17, 15) is 0 Å². The SMILES string of the molecule is C=N/C(=C\OCOc1ccc(OC)cc1)c1c(C)ncccc(C)cn1Cl. The van der Waals surface area contributed by atoms with Crippen LogP contribution in [-0.2, 0) is 4.74 Å². The maximum Gasteiger partial charge on any atom is 0.230 e. The number of halogens is 1. The van der Waals surface area contributed by atoms with Gasteiger partial charge in [0.15, 0.2) is 0 Å². The molecule has 7 heteroatoms. The lowest BCUT2D eigenvalue weighted by molar-refractivity contribution is 0.0806. The Hall–Kier alpha value is -2.99. The summed E-state index contributed by atoms with van der Waals surface area (Å²) in [5.41, 5.74) is 2.62. The minimum absolute atomic E-state index is 0.000345. The Labute approximate surface area is 164 Å². The lowest BCUT2D eigenvalue weighted by atomic mass is 10.3. The summed E-state index contributed by atoms with van der Waals surface area (Å²) in [6.45, 7) is 7.36. The van der Waals surface area contributed by atoms with E-state index >= 15 is 0 Å². The van der Waals surface area contributed by atoms with E-state index in [0.29, 0.717) is 22.8 Å². The van der Waals surface area contributed by atoms with E-state index in [0.717, 1.165) is 11.3 Å². The highest BCUT2D eigenvalue weighted by Crippen LogP contribution is 2.20. The lowest BCUT2D eigenvalue weighted by Gasteiger charge is -2.09. The minimum atomic E-state index is -0.000345. The quantitative estimate of drug-likeness (QED) is 0.299. The zero-order valence-corrected chi connectivity index (χ0v) is 16.3. The van der Waals surface area contributed by atoms with Crippen LogP contribution in [0.25, 0.3) is 5.70 Å². The third-order valence-corrected chi connectivity index (χ3v) is 3.81. The summed E-state index contributed by atoms with van der Waals surface area (Å²) in [7, 11) is 1.61. The number of aliphatic imine (C=N–C) groups is 1. The summed E-state index contributed by atoms with van der Waals surface area (Å²) in [6.07, 6.45) is 4.89. The molecule has 0 fully saturated rings. The highest BCUT2D eigenvalue weighted by atomic mass is 35.5. The molecule has 0 saturated heterocycles.